The van der Waals surface area contributed by atoms with Gasteiger partial charge in [-0.1, -0.05) is 30.3 Å². The van der Waals surface area contributed by atoms with Gasteiger partial charge in [0.05, 0.1) is 18.0 Å². The smallest absolute Gasteiger partial charge is 0.305 e. The molecule has 7 N–H and O–H groups in total. The summed E-state index contributed by atoms with van der Waals surface area (Å²) in [6.07, 6.45) is 0.744. The minimum atomic E-state index is -1.06. The molecule has 33 heavy (non-hydrogen) atoms. The predicted molar refractivity (Wildman–Crippen MR) is 126 cm³/mol. The van der Waals surface area contributed by atoms with Gasteiger partial charge in [0.25, 0.3) is 11.5 Å². The number of hydrogen-bond acceptors (Lipinski definition) is 7. The number of anilines is 1. The van der Waals surface area contributed by atoms with Crippen LogP contribution >= 0.6 is 0 Å². The van der Waals surface area contributed by atoms with Crippen LogP contribution in [0.15, 0.2) is 65.6 Å². The number of carboxylic acid groups (broad SMARTS) is 1. The van der Waals surface area contributed by atoms with Gasteiger partial charge in [0.2, 0.25) is 0 Å². The van der Waals surface area contributed by atoms with Crippen LogP contribution in [0.4, 0.5) is 5.69 Å². The Morgan fingerprint density at radius 1 is 1.12 bits per heavy atom. The fourth-order valence-electron chi connectivity index (χ4n) is 3.36. The Kier molecular flexibility index (Phi) is 7.78. The first kappa shape index (κ1) is 23.9. The summed E-state index contributed by atoms with van der Waals surface area (Å²) in [5, 5.41) is 15.1. The van der Waals surface area contributed by atoms with Gasteiger partial charge < -0.3 is 27.2 Å². The van der Waals surface area contributed by atoms with Crippen LogP contribution in [0.1, 0.15) is 28.4 Å². The number of pyridine rings is 2. The molecule has 10 heteroatoms. The van der Waals surface area contributed by atoms with Crippen molar-refractivity contribution in [2.45, 2.75) is 18.8 Å². The molecule has 1 unspecified atom stereocenters. The van der Waals surface area contributed by atoms with Crippen molar-refractivity contribution in [3.05, 3.63) is 82.3 Å². The summed E-state index contributed by atoms with van der Waals surface area (Å²) in [5.41, 5.74) is 12.7. The van der Waals surface area contributed by atoms with Crippen LogP contribution in [-0.4, -0.2) is 52.7 Å². The lowest BCUT2D eigenvalue weighted by Gasteiger charge is -2.20. The number of carbonyl (C=O) groups is 2. The van der Waals surface area contributed by atoms with Crippen LogP contribution in [0.3, 0.4) is 0 Å². The Labute approximate surface area is 190 Å². The first-order valence-corrected chi connectivity index (χ1v) is 10.4. The molecular formula is C23H28N6O4. The van der Waals surface area contributed by atoms with E-state index < -0.39 is 29.8 Å². The molecule has 1 amide bonds. The van der Waals surface area contributed by atoms with E-state index in [-0.39, 0.29) is 12.0 Å². The van der Waals surface area contributed by atoms with Crippen molar-refractivity contribution in [1.82, 2.24) is 14.6 Å². The van der Waals surface area contributed by atoms with Gasteiger partial charge in [-0.25, -0.2) is 0 Å². The molecule has 0 fully saturated rings. The number of nitrogens with one attached hydrogen (secondary N) is 2. The van der Waals surface area contributed by atoms with Gasteiger partial charge in [-0.3, -0.25) is 23.7 Å². The van der Waals surface area contributed by atoms with Crippen molar-refractivity contribution in [3.63, 3.8) is 0 Å². The molecule has 0 bridgehead atoms. The van der Waals surface area contributed by atoms with Crippen molar-refractivity contribution in [2.24, 2.45) is 11.5 Å². The van der Waals surface area contributed by atoms with Crippen LogP contribution in [0.25, 0.3) is 5.52 Å². The van der Waals surface area contributed by atoms with Gasteiger partial charge >= 0.3 is 5.97 Å². The summed E-state index contributed by atoms with van der Waals surface area (Å²) in [6, 6.07) is 14.7. The maximum absolute atomic E-state index is 12.9. The van der Waals surface area contributed by atoms with E-state index in [1.807, 2.05) is 7.05 Å². The molecule has 3 aromatic rings. The van der Waals surface area contributed by atoms with Crippen molar-refractivity contribution in [2.75, 3.05) is 25.5 Å². The Morgan fingerprint density at radius 3 is 2.52 bits per heavy atom. The molecule has 1 aromatic carbocycles. The fourth-order valence-corrected chi connectivity index (χ4v) is 3.36. The molecule has 0 aliphatic heterocycles. The maximum atomic E-state index is 12.9. The number of amides is 1. The Morgan fingerprint density at radius 2 is 1.85 bits per heavy atom. The quantitative estimate of drug-likeness (QED) is 0.283. The monoisotopic (exact) mass is 452 g/mol. The molecule has 0 radical (unpaired) electrons. The van der Waals surface area contributed by atoms with Crippen LogP contribution in [0.5, 0.6) is 0 Å². The SMILES string of the molecule is CN(CCNc1ccn2c(=O)c(C(=O)NC(CC(=O)O)c3ccccc3)ccc2c1)C(N)N. The molecular weight excluding hydrogens is 424 g/mol. The predicted octanol–water partition coefficient (Wildman–Crippen LogP) is 0.790. The minimum Gasteiger partial charge on any atom is -0.481 e. The standard InChI is InChI=1S/C23H28N6O4/c1-28(23(24)25)12-10-26-16-9-11-29-17(13-16)7-8-18(22(29)33)21(32)27-19(14-20(30)31)15-5-3-2-4-6-15/h2-9,11,13,19,23,26H,10,12,14,24-25H2,1H3,(H,27,32)(H,30,31). The van der Waals surface area contributed by atoms with E-state index in [1.165, 1.54) is 10.5 Å². The lowest BCUT2D eigenvalue weighted by atomic mass is 10.0. The summed E-state index contributed by atoms with van der Waals surface area (Å²) >= 11 is 0. The van der Waals surface area contributed by atoms with Crippen LogP contribution in [-0.2, 0) is 4.79 Å². The summed E-state index contributed by atoms with van der Waals surface area (Å²) in [5.74, 6) is -1.69. The zero-order valence-electron chi connectivity index (χ0n) is 18.3. The minimum absolute atomic E-state index is 0.0712. The van der Waals surface area contributed by atoms with Gasteiger partial charge in [0.15, 0.2) is 0 Å². The Hall–Kier alpha value is -3.73. The van der Waals surface area contributed by atoms with E-state index in [0.717, 1.165) is 5.69 Å². The Bertz CT molecular complexity index is 1180. The van der Waals surface area contributed by atoms with Gasteiger partial charge in [-0.2, -0.15) is 0 Å². The second kappa shape index (κ2) is 10.7. The van der Waals surface area contributed by atoms with Gasteiger partial charge in [0, 0.05) is 25.0 Å². The van der Waals surface area contributed by atoms with Crippen molar-refractivity contribution >= 4 is 23.1 Å². The van der Waals surface area contributed by atoms with Crippen LogP contribution in [0.2, 0.25) is 0 Å². The number of aliphatic carboxylic acids is 1. The lowest BCUT2D eigenvalue weighted by Crippen LogP contribution is -2.48. The van der Waals surface area contributed by atoms with Gasteiger partial charge in [-0.05, 0) is 36.9 Å². The zero-order valence-corrected chi connectivity index (χ0v) is 18.3. The normalized spacial score (nSPS) is 12.2. The number of nitrogens with two attached hydrogens (primary N) is 2. The fraction of sp³-hybridized carbons (Fsp3) is 0.261. The highest BCUT2D eigenvalue weighted by Crippen LogP contribution is 2.17. The van der Waals surface area contributed by atoms with E-state index in [2.05, 4.69) is 10.6 Å². The third-order valence-corrected chi connectivity index (χ3v) is 5.29. The summed E-state index contributed by atoms with van der Waals surface area (Å²) in [7, 11) is 1.82. The van der Waals surface area contributed by atoms with Crippen LogP contribution in [0, 0.1) is 0 Å². The maximum Gasteiger partial charge on any atom is 0.305 e. The molecule has 1 atom stereocenters. The largest absolute Gasteiger partial charge is 0.481 e. The topological polar surface area (TPSA) is 155 Å². The van der Waals surface area contributed by atoms with Crippen LogP contribution < -0.4 is 27.7 Å². The number of hydrogen-bond donors (Lipinski definition) is 5. The molecule has 174 valence electrons. The third-order valence-electron chi connectivity index (χ3n) is 5.29. The third kappa shape index (κ3) is 6.16. The summed E-state index contributed by atoms with van der Waals surface area (Å²) < 4.78 is 1.37. The molecule has 0 spiro atoms. The first-order valence-electron chi connectivity index (χ1n) is 10.4. The van der Waals surface area contributed by atoms with Crippen molar-refractivity contribution in [3.8, 4) is 0 Å². The highest BCUT2D eigenvalue weighted by Gasteiger charge is 2.21. The Balaban J connectivity index is 1.77. The van der Waals surface area contributed by atoms with Crippen molar-refractivity contribution < 1.29 is 14.7 Å². The molecule has 2 aromatic heterocycles. The molecule has 0 saturated heterocycles. The number of carbonyl (C=O) groups excluding carboxylic acids is 1. The molecule has 0 aliphatic carbocycles. The molecule has 2 heterocycles. The van der Waals surface area contributed by atoms with Gasteiger partial charge in [-0.15, -0.1) is 0 Å². The zero-order chi connectivity index (χ0) is 24.0. The van der Waals surface area contributed by atoms with E-state index in [9.17, 15) is 19.5 Å². The van der Waals surface area contributed by atoms with E-state index in [0.29, 0.717) is 24.2 Å². The lowest BCUT2D eigenvalue weighted by molar-refractivity contribution is -0.137. The second-order valence-corrected chi connectivity index (χ2v) is 7.70. The average Bonchev–Trinajstić information content (AvgIpc) is 2.79. The van der Waals surface area contributed by atoms with E-state index in [1.54, 1.807) is 59.6 Å². The molecule has 0 aliphatic rings. The number of likely N-dealkylation sites (N-methyl/N-ethyl adjacent to an activating group) is 1. The molecule has 0 saturated carbocycles. The number of fused-ring (bicyclic) bond motifs is 1. The van der Waals surface area contributed by atoms with E-state index >= 15 is 0 Å². The average molecular weight is 453 g/mol. The number of benzene rings is 1. The number of nitrogens with zero attached hydrogens (tertiary/aromatic N) is 2. The molecule has 3 rings (SSSR count). The summed E-state index contributed by atoms with van der Waals surface area (Å²) in [4.78, 5) is 38.8. The number of aromatic nitrogens is 1. The van der Waals surface area contributed by atoms with Gasteiger partial charge in [0.1, 0.15) is 11.9 Å². The highest BCUT2D eigenvalue weighted by molar-refractivity contribution is 5.94. The number of rotatable bonds is 10. The highest BCUT2D eigenvalue weighted by atomic mass is 16.4. The summed E-state index contributed by atoms with van der Waals surface area (Å²) in [6.45, 7) is 1.24. The first-order chi connectivity index (χ1) is 15.8. The molecule has 10 nitrogen and oxygen atoms in total. The van der Waals surface area contributed by atoms with E-state index in [4.69, 9.17) is 11.5 Å². The second-order valence-electron chi connectivity index (χ2n) is 7.70. The number of carboxylic acids is 1. The van der Waals surface area contributed by atoms with Crippen molar-refractivity contribution in [1.29, 1.82) is 0 Å².